The molecule has 0 saturated heterocycles. The molecule has 1 heterocycles. The normalized spacial score (nSPS) is 11.2. The van der Waals surface area contributed by atoms with Gasteiger partial charge in [0.1, 0.15) is 5.69 Å². The fourth-order valence-electron chi connectivity index (χ4n) is 2.57. The van der Waals surface area contributed by atoms with Gasteiger partial charge in [-0.15, -0.1) is 0 Å². The van der Waals surface area contributed by atoms with Gasteiger partial charge in [-0.05, 0) is 63.6 Å². The smallest absolute Gasteiger partial charge is 0.357 e. The summed E-state index contributed by atoms with van der Waals surface area (Å²) in [6.45, 7) is 6.83. The number of ether oxygens (including phenoxy) is 2. The fraction of sp³-hybridized carbons (Fsp3) is 0.364. The quantitative estimate of drug-likeness (QED) is 0.369. The molecule has 10 nitrogen and oxygen atoms in total. The van der Waals surface area contributed by atoms with Gasteiger partial charge in [0.15, 0.2) is 0 Å². The number of aromatic nitrogens is 1. The van der Waals surface area contributed by atoms with E-state index < -0.39 is 21.9 Å². The first-order valence-corrected chi connectivity index (χ1v) is 11.8. The van der Waals surface area contributed by atoms with Gasteiger partial charge >= 0.3 is 5.97 Å². The Bertz CT molecular complexity index is 1070. The molecule has 0 spiro atoms. The van der Waals surface area contributed by atoms with Crippen molar-refractivity contribution in [2.75, 3.05) is 19.8 Å². The second-order valence-corrected chi connectivity index (χ2v) is 8.83. The number of sulfonamides is 1. The highest BCUT2D eigenvalue weighted by Gasteiger charge is 2.20. The number of hydrogen-bond acceptors (Lipinski definition) is 8. The van der Waals surface area contributed by atoms with E-state index in [1.165, 1.54) is 36.4 Å². The van der Waals surface area contributed by atoms with Crippen molar-refractivity contribution < 1.29 is 32.3 Å². The molecule has 0 bridgehead atoms. The van der Waals surface area contributed by atoms with Crippen molar-refractivity contribution in [3.8, 4) is 0 Å². The second kappa shape index (κ2) is 12.1. The maximum Gasteiger partial charge on any atom is 0.357 e. The van der Waals surface area contributed by atoms with E-state index in [9.17, 15) is 22.8 Å². The Morgan fingerprint density at radius 2 is 1.67 bits per heavy atom. The van der Waals surface area contributed by atoms with Gasteiger partial charge in [-0.2, -0.15) is 0 Å². The molecule has 1 aromatic heterocycles. The minimum Gasteiger partial charge on any atom is -0.458 e. The highest BCUT2D eigenvalue weighted by molar-refractivity contribution is 7.90. The van der Waals surface area contributed by atoms with Crippen molar-refractivity contribution in [2.24, 2.45) is 0 Å². The molecule has 2 aromatic rings. The lowest BCUT2D eigenvalue weighted by Crippen LogP contribution is -2.31. The van der Waals surface area contributed by atoms with E-state index in [0.29, 0.717) is 26.2 Å². The van der Waals surface area contributed by atoms with Crippen LogP contribution in [0.15, 0.2) is 47.5 Å². The van der Waals surface area contributed by atoms with Gasteiger partial charge < -0.3 is 14.8 Å². The highest BCUT2D eigenvalue weighted by Crippen LogP contribution is 2.12. The molecular weight excluding hydrogens is 450 g/mol. The number of hydrogen-bond donors (Lipinski definition) is 2. The molecule has 178 valence electrons. The molecular formula is C22H27N3O7S. The van der Waals surface area contributed by atoms with Crippen molar-refractivity contribution in [1.29, 1.82) is 0 Å². The summed E-state index contributed by atoms with van der Waals surface area (Å²) < 4.78 is 37.2. The predicted octanol–water partition coefficient (Wildman–Crippen LogP) is 1.92. The molecule has 0 unspecified atom stereocenters. The van der Waals surface area contributed by atoms with Crippen molar-refractivity contribution >= 4 is 27.8 Å². The van der Waals surface area contributed by atoms with Crippen LogP contribution >= 0.6 is 0 Å². The summed E-state index contributed by atoms with van der Waals surface area (Å²) in [4.78, 5) is 39.9. The van der Waals surface area contributed by atoms with Gasteiger partial charge in [-0.3, -0.25) is 9.59 Å². The number of carbonyl (C=O) groups excluding carboxylic acids is 3. The fourth-order valence-corrected chi connectivity index (χ4v) is 3.55. The van der Waals surface area contributed by atoms with Crippen LogP contribution in [0.1, 0.15) is 58.4 Å². The van der Waals surface area contributed by atoms with Gasteiger partial charge in [0, 0.05) is 31.5 Å². The highest BCUT2D eigenvalue weighted by atomic mass is 32.2. The number of benzene rings is 1. The van der Waals surface area contributed by atoms with E-state index >= 15 is 0 Å². The number of carbonyl (C=O) groups is 3. The van der Waals surface area contributed by atoms with Crippen LogP contribution in [-0.2, 0) is 19.5 Å². The minimum atomic E-state index is -4.19. The lowest BCUT2D eigenvalue weighted by molar-refractivity contribution is 0.0370. The number of nitrogens with zero attached hydrogens (tertiary/aromatic N) is 1. The van der Waals surface area contributed by atoms with Crippen LogP contribution in [0.2, 0.25) is 0 Å². The Hall–Kier alpha value is -3.31. The average molecular weight is 478 g/mol. The number of amides is 2. The van der Waals surface area contributed by atoms with Gasteiger partial charge in [-0.25, -0.2) is 22.9 Å². The summed E-state index contributed by atoms with van der Waals surface area (Å²) in [6.07, 6.45) is 1.42. The van der Waals surface area contributed by atoms with Crippen LogP contribution in [0.4, 0.5) is 0 Å². The maximum absolute atomic E-state index is 12.5. The zero-order chi connectivity index (χ0) is 24.4. The first-order chi connectivity index (χ1) is 15.6. The standard InChI is InChI=1S/C22H27N3O7S/c1-4-31-13-5-12-23-20(26)16-6-9-18(10-7-16)33(29,30)25-21(27)17-8-11-19(24-14-17)22(28)32-15(2)3/h6-11,14-15H,4-5,12-13H2,1-3H3,(H,23,26)(H,25,27). The topological polar surface area (TPSA) is 141 Å². The minimum absolute atomic E-state index is 0.00476. The lowest BCUT2D eigenvalue weighted by Gasteiger charge is -2.09. The van der Waals surface area contributed by atoms with Crippen LogP contribution in [0.25, 0.3) is 0 Å². The zero-order valence-corrected chi connectivity index (χ0v) is 19.5. The van der Waals surface area contributed by atoms with E-state index in [1.54, 1.807) is 13.8 Å². The van der Waals surface area contributed by atoms with Gasteiger partial charge in [0.05, 0.1) is 16.6 Å². The molecule has 0 aliphatic heterocycles. The molecule has 0 aliphatic carbocycles. The number of esters is 1. The SMILES string of the molecule is CCOCCCNC(=O)c1ccc(S(=O)(=O)NC(=O)c2ccc(C(=O)OC(C)C)nc2)cc1. The third-order valence-electron chi connectivity index (χ3n) is 4.19. The molecule has 0 saturated carbocycles. The van der Waals surface area contributed by atoms with Crippen molar-refractivity contribution in [1.82, 2.24) is 15.0 Å². The maximum atomic E-state index is 12.5. The summed E-state index contributed by atoms with van der Waals surface area (Å²) in [6, 6.07) is 7.71. The Labute approximate surface area is 192 Å². The molecule has 2 rings (SSSR count). The Kier molecular flexibility index (Phi) is 9.49. The van der Waals surface area contributed by atoms with E-state index in [4.69, 9.17) is 9.47 Å². The van der Waals surface area contributed by atoms with Gasteiger partial charge in [-0.1, -0.05) is 0 Å². The average Bonchev–Trinajstić information content (AvgIpc) is 2.78. The molecule has 11 heteroatoms. The summed E-state index contributed by atoms with van der Waals surface area (Å²) in [5, 5.41) is 2.71. The summed E-state index contributed by atoms with van der Waals surface area (Å²) in [7, 11) is -4.19. The second-order valence-electron chi connectivity index (χ2n) is 7.15. The Morgan fingerprint density at radius 1 is 1.00 bits per heavy atom. The van der Waals surface area contributed by atoms with Crippen LogP contribution < -0.4 is 10.0 Å². The van der Waals surface area contributed by atoms with Crippen LogP contribution in [-0.4, -0.2) is 57.0 Å². The molecule has 2 amide bonds. The molecule has 0 atom stereocenters. The van der Waals surface area contributed by atoms with Gasteiger partial charge in [0.25, 0.3) is 21.8 Å². The van der Waals surface area contributed by atoms with Crippen molar-refractivity contribution in [3.63, 3.8) is 0 Å². The number of nitrogens with one attached hydrogen (secondary N) is 2. The summed E-state index contributed by atoms with van der Waals surface area (Å²) in [5.74, 6) is -1.91. The molecule has 0 fully saturated rings. The first kappa shape index (κ1) is 25.9. The third-order valence-corrected chi connectivity index (χ3v) is 5.53. The van der Waals surface area contributed by atoms with E-state index in [1.807, 2.05) is 11.6 Å². The zero-order valence-electron chi connectivity index (χ0n) is 18.7. The summed E-state index contributed by atoms with van der Waals surface area (Å²) >= 11 is 0. The van der Waals surface area contributed by atoms with E-state index in [2.05, 4.69) is 10.3 Å². The Morgan fingerprint density at radius 3 is 2.24 bits per heavy atom. The van der Waals surface area contributed by atoms with Gasteiger partial charge in [0.2, 0.25) is 0 Å². The van der Waals surface area contributed by atoms with Crippen LogP contribution in [0.5, 0.6) is 0 Å². The molecule has 1 aromatic carbocycles. The van der Waals surface area contributed by atoms with Crippen molar-refractivity contribution in [3.05, 3.63) is 59.4 Å². The molecule has 0 aliphatic rings. The first-order valence-electron chi connectivity index (χ1n) is 10.3. The van der Waals surface area contributed by atoms with E-state index in [-0.39, 0.29) is 33.7 Å². The third kappa shape index (κ3) is 7.95. The van der Waals surface area contributed by atoms with Crippen LogP contribution in [0.3, 0.4) is 0 Å². The monoisotopic (exact) mass is 477 g/mol. The lowest BCUT2D eigenvalue weighted by atomic mass is 10.2. The molecule has 2 N–H and O–H groups in total. The molecule has 33 heavy (non-hydrogen) atoms. The number of pyridine rings is 1. The number of rotatable bonds is 11. The van der Waals surface area contributed by atoms with Crippen LogP contribution in [0, 0.1) is 0 Å². The Balaban J connectivity index is 1.98. The predicted molar refractivity (Wildman–Crippen MR) is 119 cm³/mol. The molecule has 0 radical (unpaired) electrons. The summed E-state index contributed by atoms with van der Waals surface area (Å²) in [5.41, 5.74) is 0.224. The van der Waals surface area contributed by atoms with Crippen molar-refractivity contribution in [2.45, 2.75) is 38.2 Å². The van der Waals surface area contributed by atoms with E-state index in [0.717, 1.165) is 6.20 Å². The largest absolute Gasteiger partial charge is 0.458 e.